The van der Waals surface area contributed by atoms with Crippen molar-refractivity contribution in [3.8, 4) is 0 Å². The first-order valence-electron chi connectivity index (χ1n) is 5.60. The zero-order valence-corrected chi connectivity index (χ0v) is 10.1. The second kappa shape index (κ2) is 5.25. The van der Waals surface area contributed by atoms with Crippen LogP contribution in [0.2, 0.25) is 0 Å². The molecule has 0 aromatic carbocycles. The van der Waals surface area contributed by atoms with Crippen LogP contribution < -0.4 is 5.32 Å². The van der Waals surface area contributed by atoms with Gasteiger partial charge in [0.25, 0.3) is 0 Å². The van der Waals surface area contributed by atoms with Gasteiger partial charge in [-0.1, -0.05) is 0 Å². The highest BCUT2D eigenvalue weighted by Crippen LogP contribution is 2.27. The molecule has 0 aliphatic heterocycles. The summed E-state index contributed by atoms with van der Waals surface area (Å²) in [5.74, 6) is 0.299. The molecule has 8 heteroatoms. The first kappa shape index (κ1) is 13.3. The Kier molecular flexibility index (Phi) is 3.68. The molecular weight excluding hydrogens is 259 g/mol. The molecule has 1 atom stereocenters. The van der Waals surface area contributed by atoms with Crippen LogP contribution in [0, 0.1) is 0 Å². The number of aromatic nitrogens is 4. The normalized spacial score (nSPS) is 13.3. The van der Waals surface area contributed by atoms with Crippen molar-refractivity contribution in [3.05, 3.63) is 36.3 Å². The van der Waals surface area contributed by atoms with Crippen LogP contribution >= 0.6 is 0 Å². The number of alkyl halides is 3. The Morgan fingerprint density at radius 3 is 2.63 bits per heavy atom. The van der Waals surface area contributed by atoms with Crippen LogP contribution in [0.4, 0.5) is 19.0 Å². The summed E-state index contributed by atoms with van der Waals surface area (Å²) in [5.41, 5.74) is -1.00. The molecule has 0 aliphatic carbocycles. The topological polar surface area (TPSA) is 55.6 Å². The highest BCUT2D eigenvalue weighted by Gasteiger charge is 2.32. The van der Waals surface area contributed by atoms with Crippen molar-refractivity contribution in [1.82, 2.24) is 20.0 Å². The van der Waals surface area contributed by atoms with Crippen molar-refractivity contribution in [2.45, 2.75) is 25.7 Å². The summed E-state index contributed by atoms with van der Waals surface area (Å²) < 4.78 is 38.6. The smallest absolute Gasteiger partial charge is 0.364 e. The van der Waals surface area contributed by atoms with Crippen LogP contribution in [-0.2, 0) is 12.7 Å². The van der Waals surface area contributed by atoms with Crippen LogP contribution in [0.3, 0.4) is 0 Å². The van der Waals surface area contributed by atoms with Crippen LogP contribution in [0.15, 0.2) is 30.6 Å². The molecule has 5 nitrogen and oxygen atoms in total. The Labute approximate surface area is 107 Å². The summed E-state index contributed by atoms with van der Waals surface area (Å²) in [7, 11) is 0. The van der Waals surface area contributed by atoms with E-state index in [4.69, 9.17) is 0 Å². The quantitative estimate of drug-likeness (QED) is 0.926. The minimum atomic E-state index is -4.47. The third kappa shape index (κ3) is 3.67. The lowest BCUT2D eigenvalue weighted by Crippen LogP contribution is -2.23. The SMILES string of the molecule is CC(Cn1cccn1)Nc1ccc(C(F)(F)F)nn1. The lowest BCUT2D eigenvalue weighted by atomic mass is 10.3. The summed E-state index contributed by atoms with van der Waals surface area (Å²) >= 11 is 0. The third-order valence-electron chi connectivity index (χ3n) is 2.37. The Hall–Kier alpha value is -2.12. The van der Waals surface area contributed by atoms with Gasteiger partial charge in [0.05, 0.1) is 6.54 Å². The van der Waals surface area contributed by atoms with Crippen LogP contribution in [0.1, 0.15) is 12.6 Å². The van der Waals surface area contributed by atoms with E-state index in [1.54, 1.807) is 23.1 Å². The summed E-state index contributed by atoms with van der Waals surface area (Å²) in [6.45, 7) is 2.46. The molecule has 1 unspecified atom stereocenters. The molecule has 0 saturated heterocycles. The summed E-state index contributed by atoms with van der Waals surface area (Å²) in [6.07, 6.45) is -1.01. The predicted octanol–water partition coefficient (Wildman–Crippen LogP) is 2.19. The summed E-state index contributed by atoms with van der Waals surface area (Å²) in [6, 6.07) is 3.92. The fraction of sp³-hybridized carbons (Fsp3) is 0.364. The predicted molar refractivity (Wildman–Crippen MR) is 62.3 cm³/mol. The van der Waals surface area contributed by atoms with E-state index >= 15 is 0 Å². The van der Waals surface area contributed by atoms with Gasteiger partial charge in [-0.3, -0.25) is 4.68 Å². The zero-order chi connectivity index (χ0) is 13.9. The van der Waals surface area contributed by atoms with E-state index in [1.807, 2.05) is 6.92 Å². The summed E-state index contributed by atoms with van der Waals surface area (Å²) in [4.78, 5) is 0. The maximum Gasteiger partial charge on any atom is 0.435 e. The number of nitrogens with zero attached hydrogens (tertiary/aromatic N) is 4. The van der Waals surface area contributed by atoms with Gasteiger partial charge in [-0.2, -0.15) is 18.3 Å². The average Bonchev–Trinajstić information content (AvgIpc) is 2.81. The zero-order valence-electron chi connectivity index (χ0n) is 10.1. The first-order chi connectivity index (χ1) is 8.95. The minimum absolute atomic E-state index is 0.0362. The summed E-state index contributed by atoms with van der Waals surface area (Å²) in [5, 5.41) is 13.6. The molecule has 2 rings (SSSR count). The maximum absolute atomic E-state index is 12.3. The van der Waals surface area contributed by atoms with E-state index in [-0.39, 0.29) is 6.04 Å². The largest absolute Gasteiger partial charge is 0.435 e. The van der Waals surface area contributed by atoms with E-state index in [2.05, 4.69) is 20.6 Å². The highest BCUT2D eigenvalue weighted by atomic mass is 19.4. The molecule has 0 spiro atoms. The van der Waals surface area contributed by atoms with E-state index in [0.29, 0.717) is 12.4 Å². The van der Waals surface area contributed by atoms with Crippen molar-refractivity contribution >= 4 is 5.82 Å². The van der Waals surface area contributed by atoms with Crippen molar-refractivity contribution in [2.24, 2.45) is 0 Å². The van der Waals surface area contributed by atoms with Gasteiger partial charge < -0.3 is 5.32 Å². The lowest BCUT2D eigenvalue weighted by Gasteiger charge is -2.14. The molecule has 19 heavy (non-hydrogen) atoms. The monoisotopic (exact) mass is 271 g/mol. The Morgan fingerprint density at radius 1 is 1.32 bits per heavy atom. The van der Waals surface area contributed by atoms with Gasteiger partial charge in [0.1, 0.15) is 5.82 Å². The number of hydrogen-bond acceptors (Lipinski definition) is 4. The number of rotatable bonds is 4. The molecule has 2 heterocycles. The van der Waals surface area contributed by atoms with Gasteiger partial charge in [-0.25, -0.2) is 0 Å². The molecule has 102 valence electrons. The van der Waals surface area contributed by atoms with Crippen molar-refractivity contribution in [3.63, 3.8) is 0 Å². The highest BCUT2D eigenvalue weighted by molar-refractivity contribution is 5.34. The molecular formula is C11H12F3N5. The van der Waals surface area contributed by atoms with E-state index < -0.39 is 11.9 Å². The number of hydrogen-bond donors (Lipinski definition) is 1. The Morgan fingerprint density at radius 2 is 2.11 bits per heavy atom. The molecule has 0 bridgehead atoms. The standard InChI is InChI=1S/C11H12F3N5/c1-8(7-19-6-2-5-15-19)16-10-4-3-9(17-18-10)11(12,13)14/h2-6,8H,7H2,1H3,(H,16,18). The second-order valence-electron chi connectivity index (χ2n) is 4.08. The van der Waals surface area contributed by atoms with E-state index in [0.717, 1.165) is 6.07 Å². The Balaban J connectivity index is 1.96. The maximum atomic E-state index is 12.3. The number of anilines is 1. The fourth-order valence-corrected chi connectivity index (χ4v) is 1.55. The van der Waals surface area contributed by atoms with E-state index in [9.17, 15) is 13.2 Å². The van der Waals surface area contributed by atoms with Crippen LogP contribution in [0.25, 0.3) is 0 Å². The van der Waals surface area contributed by atoms with Crippen molar-refractivity contribution in [1.29, 1.82) is 0 Å². The number of nitrogens with one attached hydrogen (secondary N) is 1. The minimum Gasteiger partial charge on any atom is -0.364 e. The number of halogens is 3. The van der Waals surface area contributed by atoms with Crippen molar-refractivity contribution in [2.75, 3.05) is 5.32 Å². The van der Waals surface area contributed by atoms with Gasteiger partial charge in [0, 0.05) is 18.4 Å². The van der Waals surface area contributed by atoms with Gasteiger partial charge in [0.2, 0.25) is 0 Å². The molecule has 0 amide bonds. The third-order valence-corrected chi connectivity index (χ3v) is 2.37. The van der Waals surface area contributed by atoms with Gasteiger partial charge in [0.15, 0.2) is 5.69 Å². The first-order valence-corrected chi connectivity index (χ1v) is 5.60. The molecule has 2 aromatic rings. The molecule has 1 N–H and O–H groups in total. The molecule has 0 radical (unpaired) electrons. The molecule has 0 aliphatic rings. The van der Waals surface area contributed by atoms with E-state index in [1.165, 1.54) is 6.07 Å². The average molecular weight is 271 g/mol. The van der Waals surface area contributed by atoms with Gasteiger partial charge >= 0.3 is 6.18 Å². The van der Waals surface area contributed by atoms with Gasteiger partial charge in [-0.05, 0) is 25.1 Å². The van der Waals surface area contributed by atoms with Gasteiger partial charge in [-0.15, -0.1) is 10.2 Å². The van der Waals surface area contributed by atoms with Crippen LogP contribution in [-0.4, -0.2) is 26.0 Å². The second-order valence-corrected chi connectivity index (χ2v) is 4.08. The Bertz CT molecular complexity index is 506. The molecule has 0 fully saturated rings. The van der Waals surface area contributed by atoms with Crippen LogP contribution in [0.5, 0.6) is 0 Å². The molecule has 0 saturated carbocycles. The van der Waals surface area contributed by atoms with Crippen molar-refractivity contribution < 1.29 is 13.2 Å². The molecule has 2 aromatic heterocycles. The lowest BCUT2D eigenvalue weighted by molar-refractivity contribution is -0.141. The fourth-order valence-electron chi connectivity index (χ4n) is 1.55.